The van der Waals surface area contributed by atoms with Gasteiger partial charge in [0.2, 0.25) is 0 Å². The standard InChI is InChI=1S/C21H28N2O/c1-15-13-19-18-8-5-7-17(18)16(2)22-20(19)14-21(15)24-12-6-11-23-9-3-4-10-23/h13-14H,3-12H2,1-2H3. The molecule has 0 bridgehead atoms. The van der Waals surface area contributed by atoms with Crippen LogP contribution in [-0.2, 0) is 12.8 Å². The maximum absolute atomic E-state index is 6.10. The van der Waals surface area contributed by atoms with Gasteiger partial charge in [-0.2, -0.15) is 0 Å². The highest BCUT2D eigenvalue weighted by molar-refractivity contribution is 5.86. The molecule has 1 aromatic carbocycles. The van der Waals surface area contributed by atoms with Crippen molar-refractivity contribution in [3.63, 3.8) is 0 Å². The Bertz CT molecular complexity index is 747. The first-order chi connectivity index (χ1) is 11.7. The zero-order chi connectivity index (χ0) is 16.5. The summed E-state index contributed by atoms with van der Waals surface area (Å²) in [6.45, 7) is 8.81. The fourth-order valence-electron chi connectivity index (χ4n) is 4.33. The highest BCUT2D eigenvalue weighted by Gasteiger charge is 2.19. The third kappa shape index (κ3) is 3.02. The summed E-state index contributed by atoms with van der Waals surface area (Å²) in [5.74, 6) is 1.01. The van der Waals surface area contributed by atoms with E-state index in [-0.39, 0.29) is 0 Å². The molecule has 0 unspecified atom stereocenters. The van der Waals surface area contributed by atoms with Crippen LogP contribution in [0.5, 0.6) is 5.75 Å². The molecule has 3 heteroatoms. The predicted octanol–water partition coefficient (Wildman–Crippen LogP) is 4.21. The second-order valence-electron chi connectivity index (χ2n) is 7.39. The predicted molar refractivity (Wildman–Crippen MR) is 99.0 cm³/mol. The zero-order valence-corrected chi connectivity index (χ0v) is 15.0. The van der Waals surface area contributed by atoms with Crippen molar-refractivity contribution in [1.29, 1.82) is 0 Å². The molecule has 128 valence electrons. The van der Waals surface area contributed by atoms with Gasteiger partial charge in [-0.05, 0) is 88.2 Å². The van der Waals surface area contributed by atoms with E-state index in [1.807, 2.05) is 0 Å². The van der Waals surface area contributed by atoms with Gasteiger partial charge in [0.05, 0.1) is 12.1 Å². The van der Waals surface area contributed by atoms with Crippen LogP contribution in [0.25, 0.3) is 10.9 Å². The lowest BCUT2D eigenvalue weighted by Crippen LogP contribution is -2.21. The molecule has 0 radical (unpaired) electrons. The van der Waals surface area contributed by atoms with E-state index in [4.69, 9.17) is 9.72 Å². The first-order valence-corrected chi connectivity index (χ1v) is 9.50. The van der Waals surface area contributed by atoms with Crippen molar-refractivity contribution in [2.24, 2.45) is 0 Å². The van der Waals surface area contributed by atoms with Crippen molar-refractivity contribution < 1.29 is 4.74 Å². The third-order valence-electron chi connectivity index (χ3n) is 5.64. The molecule has 2 aliphatic rings. The minimum atomic E-state index is 0.798. The molecule has 3 nitrogen and oxygen atoms in total. The molecular formula is C21H28N2O. The van der Waals surface area contributed by atoms with Crippen molar-refractivity contribution >= 4 is 10.9 Å². The molecule has 4 rings (SSSR count). The highest BCUT2D eigenvalue weighted by Crippen LogP contribution is 2.34. The Balaban J connectivity index is 1.49. The molecule has 0 amide bonds. The first kappa shape index (κ1) is 15.9. The summed E-state index contributed by atoms with van der Waals surface area (Å²) in [5.41, 5.74) is 6.57. The maximum atomic E-state index is 6.10. The summed E-state index contributed by atoms with van der Waals surface area (Å²) in [6, 6.07) is 4.45. The van der Waals surface area contributed by atoms with Crippen LogP contribution in [0, 0.1) is 13.8 Å². The summed E-state index contributed by atoms with van der Waals surface area (Å²) in [7, 11) is 0. The molecule has 1 aliphatic heterocycles. The second-order valence-corrected chi connectivity index (χ2v) is 7.39. The van der Waals surface area contributed by atoms with Gasteiger partial charge in [-0.3, -0.25) is 4.98 Å². The second kappa shape index (κ2) is 6.72. The maximum Gasteiger partial charge on any atom is 0.124 e. The quantitative estimate of drug-likeness (QED) is 0.771. The Morgan fingerprint density at radius 3 is 2.67 bits per heavy atom. The third-order valence-corrected chi connectivity index (χ3v) is 5.64. The number of nitrogens with zero attached hydrogens (tertiary/aromatic N) is 2. The average Bonchev–Trinajstić information content (AvgIpc) is 3.24. The van der Waals surface area contributed by atoms with Crippen LogP contribution >= 0.6 is 0 Å². The number of benzene rings is 1. The SMILES string of the molecule is Cc1cc2c3c(c(C)nc2cc1OCCCN1CCCC1)CCC3. The smallest absolute Gasteiger partial charge is 0.124 e. The zero-order valence-electron chi connectivity index (χ0n) is 15.0. The molecule has 1 aliphatic carbocycles. The van der Waals surface area contributed by atoms with Crippen LogP contribution in [-0.4, -0.2) is 36.1 Å². The molecule has 1 saturated heterocycles. The van der Waals surface area contributed by atoms with E-state index < -0.39 is 0 Å². The lowest BCUT2D eigenvalue weighted by Gasteiger charge is -2.16. The van der Waals surface area contributed by atoms with E-state index in [1.165, 1.54) is 73.0 Å². The number of fused-ring (bicyclic) bond motifs is 3. The lowest BCUT2D eigenvalue weighted by atomic mass is 10.0. The minimum Gasteiger partial charge on any atom is -0.493 e. The van der Waals surface area contributed by atoms with Crippen LogP contribution in [0.2, 0.25) is 0 Å². The fraction of sp³-hybridized carbons (Fsp3) is 0.571. The van der Waals surface area contributed by atoms with Crippen LogP contribution in [0.1, 0.15) is 48.1 Å². The molecule has 1 aromatic heterocycles. The van der Waals surface area contributed by atoms with Gasteiger partial charge < -0.3 is 9.64 Å². The normalized spacial score (nSPS) is 17.6. The van der Waals surface area contributed by atoms with Crippen LogP contribution in [0.3, 0.4) is 0 Å². The van der Waals surface area contributed by atoms with Crippen molar-refractivity contribution in [2.75, 3.05) is 26.2 Å². The molecule has 2 heterocycles. The highest BCUT2D eigenvalue weighted by atomic mass is 16.5. The lowest BCUT2D eigenvalue weighted by molar-refractivity contribution is 0.262. The van der Waals surface area contributed by atoms with Crippen molar-refractivity contribution in [3.05, 3.63) is 34.5 Å². The van der Waals surface area contributed by atoms with E-state index in [1.54, 1.807) is 0 Å². The van der Waals surface area contributed by atoms with E-state index in [9.17, 15) is 0 Å². The van der Waals surface area contributed by atoms with Gasteiger partial charge >= 0.3 is 0 Å². The number of likely N-dealkylation sites (tertiary alicyclic amines) is 1. The number of aromatic nitrogens is 1. The largest absolute Gasteiger partial charge is 0.493 e. The van der Waals surface area contributed by atoms with Gasteiger partial charge in [0.15, 0.2) is 0 Å². The monoisotopic (exact) mass is 324 g/mol. The molecule has 2 aromatic rings. The van der Waals surface area contributed by atoms with Gasteiger partial charge in [0.25, 0.3) is 0 Å². The molecule has 0 atom stereocenters. The van der Waals surface area contributed by atoms with Crippen LogP contribution in [0.15, 0.2) is 12.1 Å². The number of rotatable bonds is 5. The van der Waals surface area contributed by atoms with Crippen molar-refractivity contribution in [3.8, 4) is 5.75 Å². The Morgan fingerprint density at radius 1 is 1.04 bits per heavy atom. The molecular weight excluding hydrogens is 296 g/mol. The van der Waals surface area contributed by atoms with Gasteiger partial charge in [-0.1, -0.05) is 0 Å². The summed E-state index contributed by atoms with van der Waals surface area (Å²) >= 11 is 0. The molecule has 0 saturated carbocycles. The van der Waals surface area contributed by atoms with E-state index in [0.717, 1.165) is 30.8 Å². The van der Waals surface area contributed by atoms with Gasteiger partial charge in [0.1, 0.15) is 5.75 Å². The topological polar surface area (TPSA) is 25.4 Å². The number of hydrogen-bond donors (Lipinski definition) is 0. The molecule has 0 N–H and O–H groups in total. The van der Waals surface area contributed by atoms with Crippen LogP contribution in [0.4, 0.5) is 0 Å². The average molecular weight is 324 g/mol. The van der Waals surface area contributed by atoms with Crippen molar-refractivity contribution in [1.82, 2.24) is 9.88 Å². The van der Waals surface area contributed by atoms with E-state index >= 15 is 0 Å². The number of ether oxygens (including phenoxy) is 1. The molecule has 24 heavy (non-hydrogen) atoms. The summed E-state index contributed by atoms with van der Waals surface area (Å²) in [4.78, 5) is 7.40. The Morgan fingerprint density at radius 2 is 1.83 bits per heavy atom. The number of aryl methyl sites for hydroxylation is 3. The Labute approximate surface area is 145 Å². The number of hydrogen-bond acceptors (Lipinski definition) is 3. The first-order valence-electron chi connectivity index (χ1n) is 9.50. The number of pyridine rings is 1. The molecule has 1 fully saturated rings. The van der Waals surface area contributed by atoms with Gasteiger partial charge in [0, 0.05) is 23.7 Å². The summed E-state index contributed by atoms with van der Waals surface area (Å²) in [5, 5.41) is 1.34. The fourth-order valence-corrected chi connectivity index (χ4v) is 4.33. The molecule has 0 spiro atoms. The van der Waals surface area contributed by atoms with Gasteiger partial charge in [-0.25, -0.2) is 0 Å². The Hall–Kier alpha value is -1.61. The van der Waals surface area contributed by atoms with Crippen LogP contribution < -0.4 is 4.74 Å². The minimum absolute atomic E-state index is 0.798. The van der Waals surface area contributed by atoms with Crippen molar-refractivity contribution in [2.45, 2.75) is 52.4 Å². The summed E-state index contributed by atoms with van der Waals surface area (Å²) in [6.07, 6.45) is 7.49. The van der Waals surface area contributed by atoms with E-state index in [0.29, 0.717) is 0 Å². The van der Waals surface area contributed by atoms with Gasteiger partial charge in [-0.15, -0.1) is 0 Å². The van der Waals surface area contributed by atoms with E-state index in [2.05, 4.69) is 30.9 Å². The Kier molecular flexibility index (Phi) is 4.45. The summed E-state index contributed by atoms with van der Waals surface area (Å²) < 4.78 is 6.10.